The fraction of sp³-hybridized carbons (Fsp3) is 0.652. The van der Waals surface area contributed by atoms with Crippen LogP contribution in [-0.4, -0.2) is 53.1 Å². The van der Waals surface area contributed by atoms with Crippen molar-refractivity contribution in [2.24, 2.45) is 11.8 Å². The lowest BCUT2D eigenvalue weighted by atomic mass is 9.95. The summed E-state index contributed by atoms with van der Waals surface area (Å²) in [7, 11) is 0. The predicted molar refractivity (Wildman–Crippen MR) is 115 cm³/mol. The maximum Gasteiger partial charge on any atom is 0.416 e. The van der Waals surface area contributed by atoms with Crippen LogP contribution in [0.5, 0.6) is 0 Å². The summed E-state index contributed by atoms with van der Waals surface area (Å²) in [4.78, 5) is 29.6. The number of nitrogens with zero attached hydrogens (tertiary/aromatic N) is 2. The number of carbonyl (C=O) groups excluding carboxylic acids is 2. The molecule has 3 fully saturated rings. The molecule has 3 aliphatic rings. The average molecular weight is 453 g/mol. The van der Waals surface area contributed by atoms with Gasteiger partial charge in [0.2, 0.25) is 5.91 Å². The third kappa shape index (κ3) is 4.58. The molecule has 0 bridgehead atoms. The molecule has 2 N–H and O–H groups in total. The summed E-state index contributed by atoms with van der Waals surface area (Å²) in [5, 5.41) is 6.32. The van der Waals surface area contributed by atoms with E-state index >= 15 is 0 Å². The van der Waals surface area contributed by atoms with Crippen LogP contribution in [0.2, 0.25) is 0 Å². The predicted octanol–water partition coefficient (Wildman–Crippen LogP) is 4.29. The van der Waals surface area contributed by atoms with Crippen molar-refractivity contribution in [1.29, 1.82) is 0 Å². The van der Waals surface area contributed by atoms with Gasteiger partial charge in [-0.3, -0.25) is 10.1 Å². The largest absolute Gasteiger partial charge is 0.416 e. The lowest BCUT2D eigenvalue weighted by Crippen LogP contribution is -2.60. The zero-order valence-electron chi connectivity index (χ0n) is 18.5. The Morgan fingerprint density at radius 1 is 1.22 bits per heavy atom. The van der Waals surface area contributed by atoms with Crippen LogP contribution in [0, 0.1) is 11.8 Å². The number of carbonyl (C=O) groups is 2. The van der Waals surface area contributed by atoms with Crippen molar-refractivity contribution in [1.82, 2.24) is 15.1 Å². The number of hydrogen-bond acceptors (Lipinski definition) is 3. The van der Waals surface area contributed by atoms with Crippen molar-refractivity contribution < 1.29 is 22.8 Å². The SMILES string of the molecule is CC[C@@H](C)[C@H]1NC2(CCN(C(=O)Nc3ccc(C(F)(F)F)cc3)CC2)N(CC2CC2)C1=O. The van der Waals surface area contributed by atoms with E-state index in [4.69, 9.17) is 0 Å². The van der Waals surface area contributed by atoms with Crippen molar-refractivity contribution in [2.75, 3.05) is 25.0 Å². The van der Waals surface area contributed by atoms with Crippen molar-refractivity contribution in [3.05, 3.63) is 29.8 Å². The summed E-state index contributed by atoms with van der Waals surface area (Å²) in [5.41, 5.74) is -0.845. The molecule has 1 aliphatic carbocycles. The van der Waals surface area contributed by atoms with Crippen LogP contribution in [0.25, 0.3) is 0 Å². The van der Waals surface area contributed by atoms with Crippen LogP contribution >= 0.6 is 0 Å². The topological polar surface area (TPSA) is 64.7 Å². The average Bonchev–Trinajstić information content (AvgIpc) is 3.55. The molecule has 2 heterocycles. The fourth-order valence-corrected chi connectivity index (χ4v) is 4.69. The minimum atomic E-state index is -4.41. The van der Waals surface area contributed by atoms with Gasteiger partial charge in [-0.2, -0.15) is 13.2 Å². The second-order valence-electron chi connectivity index (χ2n) is 9.42. The molecule has 3 amide bonds. The molecule has 1 aromatic rings. The number of nitrogens with one attached hydrogen (secondary N) is 2. The molecule has 176 valence electrons. The molecule has 32 heavy (non-hydrogen) atoms. The second kappa shape index (κ2) is 8.57. The van der Waals surface area contributed by atoms with Gasteiger partial charge in [0.05, 0.1) is 17.3 Å². The van der Waals surface area contributed by atoms with Gasteiger partial charge >= 0.3 is 12.2 Å². The standard InChI is InChI=1S/C23H31F3N4O2/c1-3-15(2)19-20(31)30(14-16-4-5-16)22(28-19)10-12-29(13-11-22)21(32)27-18-8-6-17(7-9-18)23(24,25)26/h6-9,15-16,19,28H,3-5,10-14H2,1-2H3,(H,27,32)/t15-,19-/m1/s1. The van der Waals surface area contributed by atoms with Gasteiger partial charge in [-0.05, 0) is 48.9 Å². The third-order valence-electron chi connectivity index (χ3n) is 7.16. The first-order valence-corrected chi connectivity index (χ1v) is 11.5. The minimum Gasteiger partial charge on any atom is -0.324 e. The molecular weight excluding hydrogens is 421 g/mol. The Balaban J connectivity index is 1.39. The van der Waals surface area contributed by atoms with Crippen LogP contribution in [0.4, 0.5) is 23.7 Å². The zero-order chi connectivity index (χ0) is 23.1. The number of urea groups is 1. The Hall–Kier alpha value is -2.29. The lowest BCUT2D eigenvalue weighted by molar-refractivity contribution is -0.137. The first-order chi connectivity index (χ1) is 15.1. The summed E-state index contributed by atoms with van der Waals surface area (Å²) in [5.74, 6) is 0.993. The highest BCUT2D eigenvalue weighted by atomic mass is 19.4. The van der Waals surface area contributed by atoms with Gasteiger partial charge in [-0.25, -0.2) is 4.79 Å². The van der Waals surface area contributed by atoms with Crippen molar-refractivity contribution in [2.45, 2.75) is 63.8 Å². The van der Waals surface area contributed by atoms with Gasteiger partial charge in [0.1, 0.15) is 0 Å². The molecule has 2 saturated heterocycles. The molecular formula is C23H31F3N4O2. The monoisotopic (exact) mass is 452 g/mol. The summed E-state index contributed by atoms with van der Waals surface area (Å²) in [6, 6.07) is 3.91. The Morgan fingerprint density at radius 3 is 2.38 bits per heavy atom. The van der Waals surface area contributed by atoms with Gasteiger partial charge in [0.15, 0.2) is 0 Å². The van der Waals surface area contributed by atoms with E-state index in [0.717, 1.165) is 37.9 Å². The van der Waals surface area contributed by atoms with E-state index in [2.05, 4.69) is 24.5 Å². The Labute approximate surface area is 186 Å². The maximum atomic E-state index is 13.2. The molecule has 6 nitrogen and oxygen atoms in total. The van der Waals surface area contributed by atoms with E-state index in [0.29, 0.717) is 37.5 Å². The Kier molecular flexibility index (Phi) is 6.13. The zero-order valence-corrected chi connectivity index (χ0v) is 18.5. The molecule has 0 radical (unpaired) electrons. The first kappa shape index (κ1) is 22.9. The number of alkyl halides is 3. The number of amides is 3. The van der Waals surface area contributed by atoms with Gasteiger partial charge in [-0.15, -0.1) is 0 Å². The molecule has 1 spiro atoms. The van der Waals surface area contributed by atoms with Crippen LogP contribution in [0.1, 0.15) is 51.5 Å². The smallest absolute Gasteiger partial charge is 0.324 e. The van der Waals surface area contributed by atoms with Crippen molar-refractivity contribution in [3.63, 3.8) is 0 Å². The van der Waals surface area contributed by atoms with Gasteiger partial charge in [0, 0.05) is 38.2 Å². The summed E-state index contributed by atoms with van der Waals surface area (Å²) in [6.45, 7) is 5.90. The molecule has 2 atom stereocenters. The van der Waals surface area contributed by atoms with E-state index in [-0.39, 0.29) is 23.9 Å². The van der Waals surface area contributed by atoms with E-state index in [1.807, 2.05) is 4.90 Å². The number of anilines is 1. The lowest BCUT2D eigenvalue weighted by Gasteiger charge is -2.44. The Bertz CT molecular complexity index is 846. The number of rotatable bonds is 5. The minimum absolute atomic E-state index is 0.175. The van der Waals surface area contributed by atoms with Crippen LogP contribution in [0.3, 0.4) is 0 Å². The maximum absolute atomic E-state index is 13.2. The number of benzene rings is 1. The van der Waals surface area contributed by atoms with E-state index in [1.54, 1.807) is 4.90 Å². The number of hydrogen-bond donors (Lipinski definition) is 2. The highest BCUT2D eigenvalue weighted by molar-refractivity contribution is 5.89. The number of likely N-dealkylation sites (tertiary alicyclic amines) is 1. The van der Waals surface area contributed by atoms with Crippen molar-refractivity contribution >= 4 is 17.6 Å². The molecule has 1 saturated carbocycles. The highest BCUT2D eigenvalue weighted by Crippen LogP contribution is 2.39. The highest BCUT2D eigenvalue weighted by Gasteiger charge is 2.53. The molecule has 1 aromatic carbocycles. The summed E-state index contributed by atoms with van der Waals surface area (Å²) in [6.07, 6.45) is 0.107. The van der Waals surface area contributed by atoms with Crippen molar-refractivity contribution in [3.8, 4) is 0 Å². The van der Waals surface area contributed by atoms with E-state index in [1.165, 1.54) is 12.1 Å². The number of halogens is 3. The van der Waals surface area contributed by atoms with E-state index in [9.17, 15) is 22.8 Å². The van der Waals surface area contributed by atoms with E-state index < -0.39 is 17.4 Å². The first-order valence-electron chi connectivity index (χ1n) is 11.5. The van der Waals surface area contributed by atoms with Crippen LogP contribution in [-0.2, 0) is 11.0 Å². The quantitative estimate of drug-likeness (QED) is 0.701. The van der Waals surface area contributed by atoms with Gasteiger partial charge in [0.25, 0.3) is 0 Å². The number of piperidine rings is 1. The van der Waals surface area contributed by atoms with Crippen LogP contribution in [0.15, 0.2) is 24.3 Å². The fourth-order valence-electron chi connectivity index (χ4n) is 4.69. The Morgan fingerprint density at radius 2 is 1.84 bits per heavy atom. The van der Waals surface area contributed by atoms with Gasteiger partial charge in [-0.1, -0.05) is 20.3 Å². The molecule has 4 rings (SSSR count). The molecule has 0 unspecified atom stereocenters. The summed E-state index contributed by atoms with van der Waals surface area (Å²) < 4.78 is 38.2. The van der Waals surface area contributed by atoms with Crippen LogP contribution < -0.4 is 10.6 Å². The normalized spacial score (nSPS) is 24.2. The second-order valence-corrected chi connectivity index (χ2v) is 9.42. The molecule has 2 aliphatic heterocycles. The van der Waals surface area contributed by atoms with Gasteiger partial charge < -0.3 is 15.1 Å². The molecule has 9 heteroatoms. The third-order valence-corrected chi connectivity index (χ3v) is 7.16. The summed E-state index contributed by atoms with van der Waals surface area (Å²) >= 11 is 0. The molecule has 0 aromatic heterocycles.